The number of rotatable bonds is 3. The molecule has 0 bridgehead atoms. The Morgan fingerprint density at radius 3 is 2.44 bits per heavy atom. The van der Waals surface area contributed by atoms with Crippen LogP contribution in [0.3, 0.4) is 0 Å². The second-order valence-electron chi connectivity index (χ2n) is 2.85. The zero-order valence-electron chi connectivity index (χ0n) is 8.00. The van der Waals surface area contributed by atoms with Crippen molar-refractivity contribution in [3.05, 3.63) is 23.3 Å². The molecule has 1 rings (SSSR count). The van der Waals surface area contributed by atoms with Gasteiger partial charge in [0.25, 0.3) is 0 Å². The molecule has 0 aromatic heterocycles. The molecule has 0 fully saturated rings. The second kappa shape index (κ2) is 4.47. The van der Waals surface area contributed by atoms with Gasteiger partial charge in [0.15, 0.2) is 0 Å². The quantitative estimate of drug-likeness (QED) is 0.653. The van der Waals surface area contributed by atoms with Crippen LogP contribution in [0.15, 0.2) is 17.0 Å². The van der Waals surface area contributed by atoms with Crippen LogP contribution in [0.1, 0.15) is 15.9 Å². The summed E-state index contributed by atoms with van der Waals surface area (Å²) >= 11 is 5.64. The number of benzene rings is 1. The third-order valence-corrected chi connectivity index (χ3v) is 2.90. The van der Waals surface area contributed by atoms with Crippen LogP contribution in [-0.4, -0.2) is 22.4 Å². The fraction of sp³-hybridized carbons (Fsp3) is 0.222. The molecule has 7 heteroatoms. The number of aromatic hydroxyl groups is 1. The largest absolute Gasteiger partial charge is 0.506 e. The molecule has 1 aromatic carbocycles. The number of carboxylic acids is 1. The SMILES string of the molecule is CSc1c(C(F)(F)Cl)ccc(C(=O)O)c1O. The van der Waals surface area contributed by atoms with Gasteiger partial charge in [-0.2, -0.15) is 8.78 Å². The zero-order valence-corrected chi connectivity index (χ0v) is 9.57. The van der Waals surface area contributed by atoms with Crippen molar-refractivity contribution >= 4 is 29.3 Å². The number of aromatic carboxylic acids is 1. The summed E-state index contributed by atoms with van der Waals surface area (Å²) in [7, 11) is 0. The third-order valence-electron chi connectivity index (χ3n) is 1.87. The minimum atomic E-state index is -3.65. The van der Waals surface area contributed by atoms with Gasteiger partial charge in [-0.3, -0.25) is 0 Å². The van der Waals surface area contributed by atoms with Gasteiger partial charge in [0.1, 0.15) is 11.3 Å². The molecular formula is C9H7ClF2O3S. The predicted octanol–water partition coefficient (Wildman–Crippen LogP) is 3.10. The van der Waals surface area contributed by atoms with Gasteiger partial charge in [-0.25, -0.2) is 4.79 Å². The molecule has 0 radical (unpaired) electrons. The summed E-state index contributed by atoms with van der Waals surface area (Å²) in [6.45, 7) is 0. The van der Waals surface area contributed by atoms with Gasteiger partial charge in [0.05, 0.1) is 10.5 Å². The van der Waals surface area contributed by atoms with Crippen LogP contribution in [0, 0.1) is 0 Å². The Balaban J connectivity index is 3.47. The summed E-state index contributed by atoms with van der Waals surface area (Å²) in [5.41, 5.74) is -1.04. The highest BCUT2D eigenvalue weighted by atomic mass is 35.5. The minimum absolute atomic E-state index is 0.236. The molecule has 0 aliphatic carbocycles. The first-order valence-corrected chi connectivity index (χ1v) is 5.59. The van der Waals surface area contributed by atoms with Crippen molar-refractivity contribution in [2.24, 2.45) is 0 Å². The van der Waals surface area contributed by atoms with E-state index in [1.165, 1.54) is 6.26 Å². The highest BCUT2D eigenvalue weighted by molar-refractivity contribution is 7.98. The molecule has 0 heterocycles. The number of halogens is 3. The van der Waals surface area contributed by atoms with Gasteiger partial charge >= 0.3 is 11.4 Å². The highest BCUT2D eigenvalue weighted by Gasteiger charge is 2.33. The smallest absolute Gasteiger partial charge is 0.349 e. The van der Waals surface area contributed by atoms with E-state index in [1.54, 1.807) is 0 Å². The van der Waals surface area contributed by atoms with E-state index in [4.69, 9.17) is 16.7 Å². The number of hydrogen-bond donors (Lipinski definition) is 2. The average Bonchev–Trinajstić information content (AvgIpc) is 2.15. The molecule has 0 unspecified atom stereocenters. The Hall–Kier alpha value is -1.01. The lowest BCUT2D eigenvalue weighted by molar-refractivity contribution is 0.0689. The molecule has 88 valence electrons. The fourth-order valence-corrected chi connectivity index (χ4v) is 2.11. The lowest BCUT2D eigenvalue weighted by atomic mass is 10.1. The predicted molar refractivity (Wildman–Crippen MR) is 56.6 cm³/mol. The summed E-state index contributed by atoms with van der Waals surface area (Å²) < 4.78 is 25.8. The van der Waals surface area contributed by atoms with Crippen molar-refractivity contribution < 1.29 is 23.8 Å². The van der Waals surface area contributed by atoms with E-state index in [1.807, 2.05) is 0 Å². The number of alkyl halides is 3. The van der Waals surface area contributed by atoms with Crippen LogP contribution in [0.4, 0.5) is 8.78 Å². The summed E-state index contributed by atoms with van der Waals surface area (Å²) in [6.07, 6.45) is 1.44. The van der Waals surface area contributed by atoms with Gasteiger partial charge in [0, 0.05) is 0 Å². The Bertz CT molecular complexity index is 431. The van der Waals surface area contributed by atoms with Gasteiger partial charge in [-0.05, 0) is 30.0 Å². The second-order valence-corrected chi connectivity index (χ2v) is 4.14. The van der Waals surface area contributed by atoms with Crippen LogP contribution < -0.4 is 0 Å². The van der Waals surface area contributed by atoms with Crippen molar-refractivity contribution in [2.75, 3.05) is 6.26 Å². The molecule has 0 atom stereocenters. The van der Waals surface area contributed by atoms with Gasteiger partial charge in [-0.15, -0.1) is 11.8 Å². The summed E-state index contributed by atoms with van der Waals surface area (Å²) in [4.78, 5) is 10.4. The maximum Gasteiger partial charge on any atom is 0.349 e. The van der Waals surface area contributed by atoms with Gasteiger partial charge < -0.3 is 10.2 Å². The lowest BCUT2D eigenvalue weighted by Gasteiger charge is -2.14. The molecule has 0 saturated carbocycles. The molecule has 0 saturated heterocycles. The van der Waals surface area contributed by atoms with E-state index < -0.39 is 28.2 Å². The van der Waals surface area contributed by atoms with E-state index in [9.17, 15) is 18.7 Å². The van der Waals surface area contributed by atoms with Crippen LogP contribution >= 0.6 is 23.4 Å². The van der Waals surface area contributed by atoms with Crippen molar-refractivity contribution in [1.82, 2.24) is 0 Å². The first-order valence-electron chi connectivity index (χ1n) is 3.99. The molecule has 0 aliphatic rings. The average molecular weight is 269 g/mol. The maximum absolute atomic E-state index is 12.9. The van der Waals surface area contributed by atoms with E-state index >= 15 is 0 Å². The molecular weight excluding hydrogens is 262 g/mol. The molecule has 0 amide bonds. The topological polar surface area (TPSA) is 57.5 Å². The summed E-state index contributed by atoms with van der Waals surface area (Å²) in [5, 5.41) is 14.6. The molecule has 1 aromatic rings. The standard InChI is InChI=1S/C9H7ClF2O3S/c1-16-7-5(9(10,11)12)3-2-4(6(7)13)8(14)15/h2-3,13H,1H3,(H,14,15). The maximum atomic E-state index is 12.9. The van der Waals surface area contributed by atoms with Crippen LogP contribution in [0.25, 0.3) is 0 Å². The Kier molecular flexibility index (Phi) is 3.64. The zero-order chi connectivity index (χ0) is 12.5. The number of phenols is 1. The van der Waals surface area contributed by atoms with Crippen LogP contribution in [0.2, 0.25) is 0 Å². The third kappa shape index (κ3) is 2.38. The number of hydrogen-bond acceptors (Lipinski definition) is 3. The van der Waals surface area contributed by atoms with Gasteiger partial charge in [-0.1, -0.05) is 0 Å². The number of thioether (sulfide) groups is 1. The van der Waals surface area contributed by atoms with Crippen LogP contribution in [0.5, 0.6) is 5.75 Å². The number of carbonyl (C=O) groups is 1. The van der Waals surface area contributed by atoms with Crippen molar-refractivity contribution in [1.29, 1.82) is 0 Å². The summed E-state index contributed by atoms with van der Waals surface area (Å²) in [6, 6.07) is 1.78. The Labute approximate surface area is 99.0 Å². The number of carboxylic acid groups (broad SMARTS) is 1. The molecule has 2 N–H and O–H groups in total. The van der Waals surface area contributed by atoms with E-state index in [-0.39, 0.29) is 4.90 Å². The van der Waals surface area contributed by atoms with Crippen molar-refractivity contribution in [2.45, 2.75) is 10.3 Å². The Morgan fingerprint density at radius 1 is 1.50 bits per heavy atom. The molecule has 0 spiro atoms. The van der Waals surface area contributed by atoms with E-state index in [0.717, 1.165) is 23.9 Å². The van der Waals surface area contributed by atoms with Gasteiger partial charge in [0.2, 0.25) is 0 Å². The highest BCUT2D eigenvalue weighted by Crippen LogP contribution is 2.43. The molecule has 0 aliphatic heterocycles. The van der Waals surface area contributed by atoms with E-state index in [0.29, 0.717) is 0 Å². The minimum Gasteiger partial charge on any atom is -0.506 e. The monoisotopic (exact) mass is 268 g/mol. The first-order chi connectivity index (χ1) is 7.29. The van der Waals surface area contributed by atoms with E-state index in [2.05, 4.69) is 0 Å². The van der Waals surface area contributed by atoms with Crippen LogP contribution in [-0.2, 0) is 5.38 Å². The summed E-state index contributed by atoms with van der Waals surface area (Å²) in [5.74, 6) is -2.09. The lowest BCUT2D eigenvalue weighted by Crippen LogP contribution is -2.07. The van der Waals surface area contributed by atoms with Crippen molar-refractivity contribution in [3.63, 3.8) is 0 Å². The van der Waals surface area contributed by atoms with Crippen molar-refractivity contribution in [3.8, 4) is 5.75 Å². The first kappa shape index (κ1) is 13.1. The fourth-order valence-electron chi connectivity index (χ4n) is 1.17. The molecule has 16 heavy (non-hydrogen) atoms. The molecule has 3 nitrogen and oxygen atoms in total. The Morgan fingerprint density at radius 2 is 2.06 bits per heavy atom. The normalized spacial score (nSPS) is 11.5.